The van der Waals surface area contributed by atoms with Crippen LogP contribution in [0, 0.1) is 11.8 Å². The molecule has 0 unspecified atom stereocenters. The second-order valence-corrected chi connectivity index (χ2v) is 19.5. The van der Waals surface area contributed by atoms with Gasteiger partial charge in [0.25, 0.3) is 0 Å². The Morgan fingerprint density at radius 2 is 1.47 bits per heavy atom. The zero-order valence-corrected chi connectivity index (χ0v) is 42.6. The number of hydrazine groups is 1. The number of rotatable bonds is 21. The van der Waals surface area contributed by atoms with Crippen LogP contribution in [0.3, 0.4) is 0 Å². The fraction of sp³-hybridized carbons (Fsp3) is 0.531. The fourth-order valence-corrected chi connectivity index (χ4v) is 8.57. The summed E-state index contributed by atoms with van der Waals surface area (Å²) in [4.78, 5) is 149. The molecule has 14 N–H and O–H groups in total. The van der Waals surface area contributed by atoms with Crippen molar-refractivity contribution in [2.24, 2.45) is 29.0 Å². The molecule has 1 heterocycles. The van der Waals surface area contributed by atoms with Crippen LogP contribution in [0.2, 0.25) is 0 Å². The lowest BCUT2D eigenvalue weighted by Gasteiger charge is -2.30. The molecule has 73 heavy (non-hydrogen) atoms. The summed E-state index contributed by atoms with van der Waals surface area (Å²) >= 11 is 1.20. The number of hydrogen-bond donors (Lipinski definition) is 11. The van der Waals surface area contributed by atoms with Gasteiger partial charge < -0.3 is 53.8 Å². The Hall–Kier alpha value is -6.92. The maximum Gasteiger partial charge on any atom is 0.243 e. The molecule has 400 valence electrons. The van der Waals surface area contributed by atoms with Crippen molar-refractivity contribution in [2.75, 3.05) is 31.1 Å². The summed E-state index contributed by atoms with van der Waals surface area (Å²) < 4.78 is 0. The van der Waals surface area contributed by atoms with Crippen LogP contribution in [0.25, 0.3) is 0 Å². The molecule has 7 atom stereocenters. The van der Waals surface area contributed by atoms with Gasteiger partial charge in [-0.25, -0.2) is 10.9 Å². The molecule has 1 aliphatic rings. The van der Waals surface area contributed by atoms with E-state index in [4.69, 9.17) is 17.2 Å². The Morgan fingerprint density at radius 1 is 0.795 bits per heavy atom. The van der Waals surface area contributed by atoms with E-state index in [0.29, 0.717) is 12.0 Å². The number of phenols is 1. The summed E-state index contributed by atoms with van der Waals surface area (Å²) in [5, 5.41) is 22.8. The summed E-state index contributed by atoms with van der Waals surface area (Å²) in [6.07, 6.45) is -0.882. The van der Waals surface area contributed by atoms with E-state index in [2.05, 4.69) is 37.4 Å². The molecule has 1 fully saturated rings. The molecule has 1 aliphatic heterocycles. The van der Waals surface area contributed by atoms with E-state index in [0.717, 1.165) is 5.56 Å². The topological polar surface area (TPSA) is 374 Å². The van der Waals surface area contributed by atoms with Gasteiger partial charge in [-0.05, 0) is 66.5 Å². The highest BCUT2D eigenvalue weighted by molar-refractivity contribution is 7.99. The highest BCUT2D eigenvalue weighted by atomic mass is 32.2. The summed E-state index contributed by atoms with van der Waals surface area (Å²) in [6.45, 7) is 5.95. The zero-order chi connectivity index (χ0) is 54.2. The molecule has 0 aromatic heterocycles. The van der Waals surface area contributed by atoms with Gasteiger partial charge in [0.15, 0.2) is 0 Å². The first-order chi connectivity index (χ1) is 34.6. The van der Waals surface area contributed by atoms with Crippen molar-refractivity contribution in [3.63, 3.8) is 0 Å². The maximum atomic E-state index is 14.8. The molecule has 0 bridgehead atoms. The SMILES string of the molecule is CC[C@H](C)[C@@H]1NC(=O)[C@H](Cc2ccc(O)cc2)NC(=O)CCCSC[C@@H](C(=O)N(CCc2ccccc2)CC(=O)N[C@@H](CC(C)C)C(=O)NCC(N)=O)NN[C@@H](CC(N)=O)C(=O)C(=O)[C@H](CCC(N)=O)NC1=O. The van der Waals surface area contributed by atoms with E-state index in [1.807, 2.05) is 26.0 Å². The normalized spacial score (nSPS) is 20.6. The largest absolute Gasteiger partial charge is 0.508 e. The molecule has 0 spiro atoms. The molecule has 0 saturated carbocycles. The van der Waals surface area contributed by atoms with E-state index in [1.165, 1.54) is 28.8 Å². The third kappa shape index (κ3) is 21.8. The highest BCUT2D eigenvalue weighted by Gasteiger charge is 2.38. The van der Waals surface area contributed by atoms with Gasteiger partial charge in [-0.15, -0.1) is 0 Å². The van der Waals surface area contributed by atoms with Crippen LogP contribution in [0.15, 0.2) is 54.6 Å². The van der Waals surface area contributed by atoms with E-state index in [9.17, 15) is 57.8 Å². The third-order valence-corrected chi connectivity index (χ3v) is 12.9. The molecule has 2 aromatic rings. The van der Waals surface area contributed by atoms with Crippen molar-refractivity contribution in [1.82, 2.24) is 42.3 Å². The van der Waals surface area contributed by atoms with Gasteiger partial charge in [0.05, 0.1) is 31.6 Å². The first kappa shape index (κ1) is 60.4. The van der Waals surface area contributed by atoms with E-state index in [1.54, 1.807) is 44.2 Å². The van der Waals surface area contributed by atoms with E-state index >= 15 is 0 Å². The highest BCUT2D eigenvalue weighted by Crippen LogP contribution is 2.16. The predicted molar refractivity (Wildman–Crippen MR) is 270 cm³/mol. The molecule has 3 rings (SSSR count). The molecule has 1 saturated heterocycles. The average Bonchev–Trinajstić information content (AvgIpc) is 3.34. The predicted octanol–water partition coefficient (Wildman–Crippen LogP) is -1.72. The van der Waals surface area contributed by atoms with Crippen LogP contribution in [0.4, 0.5) is 0 Å². The van der Waals surface area contributed by atoms with Crippen molar-refractivity contribution in [3.05, 3.63) is 65.7 Å². The van der Waals surface area contributed by atoms with Gasteiger partial charge in [-0.3, -0.25) is 52.7 Å². The van der Waals surface area contributed by atoms with E-state index < -0.39 is 139 Å². The van der Waals surface area contributed by atoms with Crippen molar-refractivity contribution in [3.8, 4) is 5.75 Å². The Morgan fingerprint density at radius 3 is 2.08 bits per heavy atom. The maximum absolute atomic E-state index is 14.8. The van der Waals surface area contributed by atoms with Crippen molar-refractivity contribution >= 4 is 76.5 Å². The van der Waals surface area contributed by atoms with Crippen LogP contribution in [0.1, 0.15) is 83.8 Å². The Kier molecular flexibility index (Phi) is 25.5. The second-order valence-electron chi connectivity index (χ2n) is 18.3. The monoisotopic (exact) mass is 1040 g/mol. The molecular weight excluding hydrogens is 967 g/mol. The number of nitrogens with two attached hydrogens (primary N) is 3. The molecular formula is C49H71N11O12S. The smallest absolute Gasteiger partial charge is 0.243 e. The summed E-state index contributed by atoms with van der Waals surface area (Å²) in [6, 6.07) is 6.49. The van der Waals surface area contributed by atoms with Crippen LogP contribution < -0.4 is 54.6 Å². The van der Waals surface area contributed by atoms with Crippen molar-refractivity contribution < 1.29 is 57.8 Å². The zero-order valence-electron chi connectivity index (χ0n) is 41.7. The molecule has 0 aliphatic carbocycles. The van der Waals surface area contributed by atoms with Gasteiger partial charge in [-0.2, -0.15) is 11.8 Å². The van der Waals surface area contributed by atoms with Crippen LogP contribution in [0.5, 0.6) is 5.75 Å². The first-order valence-corrected chi connectivity index (χ1v) is 25.3. The second kappa shape index (κ2) is 30.8. The fourth-order valence-electron chi connectivity index (χ4n) is 7.59. The lowest BCUT2D eigenvalue weighted by molar-refractivity contribution is -0.142. The minimum atomic E-state index is -1.75. The number of primary amides is 3. The number of thioether (sulfide) groups is 1. The van der Waals surface area contributed by atoms with Gasteiger partial charge >= 0.3 is 0 Å². The number of phenolic OH excluding ortho intramolecular Hbond substituents is 1. The van der Waals surface area contributed by atoms with Crippen molar-refractivity contribution in [2.45, 2.75) is 122 Å². The standard InChI is InChI=1S/C49H71N11O12S/c1-5-29(4)43-48(71)56-33(17-18-38(50)62)44(67)45(68)34(24-39(51)63)58-59-37(27-73-21-9-12-41(65)54-36(47(70)57-43)23-31-13-15-32(61)16-14-31)49(72)60(20-19-30-10-7-6-8-11-30)26-42(66)55-35(22-28(2)3)46(69)53-25-40(52)64/h6-8,10-11,13-16,28-29,33-37,43,58-59,61H,5,9,12,17-27H2,1-4H3,(H2,50,62)(H2,51,63)(H2,52,64)(H,53,69)(H,54,65)(H,55,66)(H,56,71)(H,57,70)/t29-,33-,34-,35-,36-,37-,43-/m0/s1. The number of ketones is 2. The first-order valence-electron chi connectivity index (χ1n) is 24.2. The summed E-state index contributed by atoms with van der Waals surface area (Å²) in [5.74, 6) is -10.1. The lowest BCUT2D eigenvalue weighted by atomic mass is 9.94. The van der Waals surface area contributed by atoms with Gasteiger partial charge in [0.1, 0.15) is 29.9 Å². The quantitative estimate of drug-likeness (QED) is 0.0620. The number of amides is 9. The average molecular weight is 1040 g/mol. The van der Waals surface area contributed by atoms with Crippen LogP contribution in [-0.2, 0) is 65.6 Å². The Balaban J connectivity index is 2.09. The molecule has 0 radical (unpaired) electrons. The number of aromatic hydroxyl groups is 1. The Bertz CT molecular complexity index is 2250. The summed E-state index contributed by atoms with van der Waals surface area (Å²) in [5.41, 5.74) is 23.0. The molecule has 24 heteroatoms. The minimum Gasteiger partial charge on any atom is -0.508 e. The number of hydrogen-bond acceptors (Lipinski definition) is 15. The van der Waals surface area contributed by atoms with Gasteiger partial charge in [0, 0.05) is 31.6 Å². The molecule has 2 aromatic carbocycles. The van der Waals surface area contributed by atoms with E-state index in [-0.39, 0.29) is 61.8 Å². The van der Waals surface area contributed by atoms with Crippen LogP contribution >= 0.6 is 11.8 Å². The number of nitrogens with zero attached hydrogens (tertiary/aromatic N) is 1. The molecule has 9 amide bonds. The minimum absolute atomic E-state index is 0.0319. The summed E-state index contributed by atoms with van der Waals surface area (Å²) in [7, 11) is 0. The van der Waals surface area contributed by atoms with Gasteiger partial charge in [0.2, 0.25) is 64.7 Å². The number of carbonyl (C=O) groups excluding carboxylic acids is 11. The Labute approximate surface area is 428 Å². The lowest BCUT2D eigenvalue weighted by Crippen LogP contribution is -2.61. The molecule has 23 nitrogen and oxygen atoms in total. The van der Waals surface area contributed by atoms with Gasteiger partial charge in [-0.1, -0.05) is 76.6 Å². The number of carbonyl (C=O) groups is 11. The van der Waals surface area contributed by atoms with Crippen molar-refractivity contribution in [1.29, 1.82) is 0 Å². The third-order valence-electron chi connectivity index (χ3n) is 11.8. The number of Topliss-reactive ketones (excluding diaryl/α,β-unsaturated/α-hetero) is 2. The van der Waals surface area contributed by atoms with Crippen LogP contribution in [-0.4, -0.2) is 142 Å². The number of nitrogens with one attached hydrogen (secondary N) is 7. The number of benzene rings is 2.